The van der Waals surface area contributed by atoms with Gasteiger partial charge in [-0.3, -0.25) is 14.9 Å². The first kappa shape index (κ1) is 17.9. The predicted octanol–water partition coefficient (Wildman–Crippen LogP) is 3.58. The maximum Gasteiger partial charge on any atom is 0.284 e. The smallest absolute Gasteiger partial charge is 0.284 e. The van der Waals surface area contributed by atoms with Crippen molar-refractivity contribution in [1.29, 1.82) is 0 Å². The number of rotatable bonds is 4. The fraction of sp³-hybridized carbons (Fsp3) is 0.316. The molecule has 1 aliphatic heterocycles. The third-order valence-electron chi connectivity index (χ3n) is 4.75. The number of nitrogens with zero attached hydrogens (tertiary/aromatic N) is 5. The molecule has 1 aliphatic rings. The molecular weight excluding hydrogens is 358 g/mol. The van der Waals surface area contributed by atoms with Crippen LogP contribution in [-0.2, 0) is 0 Å². The zero-order valence-electron chi connectivity index (χ0n) is 15.5. The Morgan fingerprint density at radius 1 is 1.11 bits per heavy atom. The van der Waals surface area contributed by atoms with Gasteiger partial charge in [0.25, 0.3) is 5.56 Å². The lowest BCUT2D eigenvalue weighted by atomic mass is 10.1. The molecule has 1 aromatic carbocycles. The zero-order valence-corrected chi connectivity index (χ0v) is 15.5. The second kappa shape index (κ2) is 7.63. The van der Waals surface area contributed by atoms with E-state index in [1.807, 2.05) is 42.2 Å². The van der Waals surface area contributed by atoms with Crippen LogP contribution in [0.1, 0.15) is 25.0 Å². The molecule has 9 nitrogen and oxygen atoms in total. The molecule has 4 rings (SSSR count). The van der Waals surface area contributed by atoms with Crippen LogP contribution in [0.4, 0.5) is 17.5 Å². The van der Waals surface area contributed by atoms with Gasteiger partial charge < -0.3 is 10.0 Å². The average Bonchev–Trinajstić information content (AvgIpc) is 3.09. The number of aromatic hydroxyl groups is 1. The molecule has 0 radical (unpaired) electrons. The van der Waals surface area contributed by atoms with Crippen molar-refractivity contribution in [2.24, 2.45) is 10.2 Å². The van der Waals surface area contributed by atoms with Crippen LogP contribution in [0.2, 0.25) is 0 Å². The number of hydrogen-bond donors (Lipinski definition) is 3. The molecule has 0 spiro atoms. The number of anilines is 1. The summed E-state index contributed by atoms with van der Waals surface area (Å²) in [5.74, 6) is 0.255. The van der Waals surface area contributed by atoms with Crippen LogP contribution in [0.25, 0.3) is 11.1 Å². The van der Waals surface area contributed by atoms with E-state index >= 15 is 0 Å². The number of aromatic amines is 2. The van der Waals surface area contributed by atoms with Crippen LogP contribution in [0.3, 0.4) is 0 Å². The van der Waals surface area contributed by atoms with Crippen molar-refractivity contribution in [2.45, 2.75) is 26.2 Å². The van der Waals surface area contributed by atoms with E-state index < -0.39 is 11.4 Å². The molecule has 0 amide bonds. The van der Waals surface area contributed by atoms with Gasteiger partial charge in [0.1, 0.15) is 0 Å². The molecule has 0 bridgehead atoms. The number of aryl methyl sites for hydroxylation is 1. The van der Waals surface area contributed by atoms with Gasteiger partial charge in [-0.15, -0.1) is 10.2 Å². The molecule has 144 valence electrons. The van der Waals surface area contributed by atoms with Crippen molar-refractivity contribution in [2.75, 3.05) is 18.0 Å². The molecule has 3 N–H and O–H groups in total. The number of azo groups is 1. The summed E-state index contributed by atoms with van der Waals surface area (Å²) in [4.78, 5) is 21.2. The third-order valence-corrected chi connectivity index (χ3v) is 4.75. The van der Waals surface area contributed by atoms with Gasteiger partial charge in [0.15, 0.2) is 0 Å². The number of H-pyrrole nitrogens is 2. The second-order valence-electron chi connectivity index (χ2n) is 6.72. The van der Waals surface area contributed by atoms with Gasteiger partial charge in [0.05, 0.1) is 5.56 Å². The SMILES string of the molecule is Cc1[nH]nc(N=Nc2c(O)nc(N3CCCCC3)[nH]c2=O)c1-c1ccccc1. The lowest BCUT2D eigenvalue weighted by Crippen LogP contribution is -2.32. The largest absolute Gasteiger partial charge is 0.491 e. The Hall–Kier alpha value is -3.49. The van der Waals surface area contributed by atoms with E-state index in [1.165, 1.54) is 0 Å². The molecule has 1 saturated heterocycles. The highest BCUT2D eigenvalue weighted by atomic mass is 16.3. The Morgan fingerprint density at radius 3 is 2.57 bits per heavy atom. The average molecular weight is 379 g/mol. The van der Waals surface area contributed by atoms with Crippen LogP contribution in [0.15, 0.2) is 45.4 Å². The summed E-state index contributed by atoms with van der Waals surface area (Å²) in [7, 11) is 0. The maximum atomic E-state index is 12.4. The van der Waals surface area contributed by atoms with Crippen LogP contribution in [-0.4, -0.2) is 38.4 Å². The van der Waals surface area contributed by atoms with Crippen molar-refractivity contribution in [1.82, 2.24) is 20.2 Å². The van der Waals surface area contributed by atoms with Gasteiger partial charge in [-0.1, -0.05) is 30.3 Å². The first-order valence-electron chi connectivity index (χ1n) is 9.24. The highest BCUT2D eigenvalue weighted by molar-refractivity contribution is 5.75. The molecule has 2 aromatic heterocycles. The highest BCUT2D eigenvalue weighted by Crippen LogP contribution is 2.32. The second-order valence-corrected chi connectivity index (χ2v) is 6.72. The Balaban J connectivity index is 1.65. The summed E-state index contributed by atoms with van der Waals surface area (Å²) in [6.45, 7) is 3.49. The van der Waals surface area contributed by atoms with E-state index in [-0.39, 0.29) is 5.69 Å². The Bertz CT molecular complexity index is 1050. The number of nitrogens with one attached hydrogen (secondary N) is 2. The van der Waals surface area contributed by atoms with Crippen molar-refractivity contribution >= 4 is 17.5 Å². The van der Waals surface area contributed by atoms with Crippen molar-refractivity contribution in [3.8, 4) is 17.0 Å². The minimum Gasteiger partial charge on any atom is -0.491 e. The molecule has 0 unspecified atom stereocenters. The fourth-order valence-electron chi connectivity index (χ4n) is 3.33. The summed E-state index contributed by atoms with van der Waals surface area (Å²) in [6, 6.07) is 9.64. The molecule has 1 fully saturated rings. The predicted molar refractivity (Wildman–Crippen MR) is 106 cm³/mol. The number of hydrogen-bond acceptors (Lipinski definition) is 7. The Kier molecular flexibility index (Phi) is 4.88. The van der Waals surface area contributed by atoms with E-state index in [1.54, 1.807) is 0 Å². The Morgan fingerprint density at radius 2 is 1.86 bits per heavy atom. The lowest BCUT2D eigenvalue weighted by Gasteiger charge is -2.26. The van der Waals surface area contributed by atoms with E-state index in [2.05, 4.69) is 30.4 Å². The van der Waals surface area contributed by atoms with Crippen molar-refractivity contribution < 1.29 is 5.11 Å². The van der Waals surface area contributed by atoms with Gasteiger partial charge in [0.2, 0.25) is 23.3 Å². The summed E-state index contributed by atoms with van der Waals surface area (Å²) in [5, 5.41) is 25.3. The van der Waals surface area contributed by atoms with Gasteiger partial charge in [0, 0.05) is 18.8 Å². The molecule has 3 aromatic rings. The molecule has 0 saturated carbocycles. The molecule has 9 heteroatoms. The van der Waals surface area contributed by atoms with Crippen LogP contribution in [0.5, 0.6) is 5.88 Å². The minimum atomic E-state index is -0.537. The maximum absolute atomic E-state index is 12.4. The lowest BCUT2D eigenvalue weighted by molar-refractivity contribution is 0.450. The number of piperidine rings is 1. The standard InChI is InChI=1S/C19H21N7O2/c1-12-14(13-8-4-2-5-9-13)16(24-22-12)25-23-15-17(27)20-19(21-18(15)28)26-10-6-3-7-11-26/h2,4-5,8-9H,3,6-7,10-11H2,1H3,(H,22,24)(H2,20,21,27,28). The first-order valence-corrected chi connectivity index (χ1v) is 9.24. The zero-order chi connectivity index (χ0) is 19.5. The Labute approximate surface area is 161 Å². The minimum absolute atomic E-state index is 0.236. The summed E-state index contributed by atoms with van der Waals surface area (Å²) < 4.78 is 0. The van der Waals surface area contributed by atoms with Crippen molar-refractivity contribution in [3.63, 3.8) is 0 Å². The fourth-order valence-corrected chi connectivity index (χ4v) is 3.33. The van der Waals surface area contributed by atoms with Gasteiger partial charge in [-0.2, -0.15) is 10.1 Å². The summed E-state index contributed by atoms with van der Waals surface area (Å²) in [5.41, 5.74) is 1.78. The molecule has 0 atom stereocenters. The summed E-state index contributed by atoms with van der Waals surface area (Å²) in [6.07, 6.45) is 3.23. The number of benzene rings is 1. The van der Waals surface area contributed by atoms with Gasteiger partial charge in [-0.05, 0) is 31.7 Å². The first-order chi connectivity index (χ1) is 13.6. The monoisotopic (exact) mass is 379 g/mol. The third kappa shape index (κ3) is 3.51. The topological polar surface area (TPSA) is 123 Å². The number of aromatic nitrogens is 4. The molecule has 0 aliphatic carbocycles. The van der Waals surface area contributed by atoms with E-state index in [9.17, 15) is 9.90 Å². The van der Waals surface area contributed by atoms with E-state index in [0.717, 1.165) is 49.2 Å². The van der Waals surface area contributed by atoms with Gasteiger partial charge in [-0.25, -0.2) is 0 Å². The molecular formula is C19H21N7O2. The molecule has 28 heavy (non-hydrogen) atoms. The highest BCUT2D eigenvalue weighted by Gasteiger charge is 2.18. The van der Waals surface area contributed by atoms with E-state index in [4.69, 9.17) is 0 Å². The van der Waals surface area contributed by atoms with Gasteiger partial charge >= 0.3 is 0 Å². The summed E-state index contributed by atoms with van der Waals surface area (Å²) >= 11 is 0. The van der Waals surface area contributed by atoms with Crippen molar-refractivity contribution in [3.05, 3.63) is 46.4 Å². The van der Waals surface area contributed by atoms with E-state index in [0.29, 0.717) is 11.8 Å². The van der Waals surface area contributed by atoms with Crippen LogP contribution < -0.4 is 10.5 Å². The molecule has 3 heterocycles. The normalized spacial score (nSPS) is 14.7. The van der Waals surface area contributed by atoms with Crippen LogP contribution >= 0.6 is 0 Å². The van der Waals surface area contributed by atoms with Crippen LogP contribution in [0, 0.1) is 6.92 Å². The quantitative estimate of drug-likeness (QED) is 0.598.